The average molecular weight is 222 g/mol. The van der Waals surface area contributed by atoms with E-state index in [1.165, 1.54) is 12.1 Å². The summed E-state index contributed by atoms with van der Waals surface area (Å²) in [5.74, 6) is -0.402. The van der Waals surface area contributed by atoms with Crippen LogP contribution in [0.5, 0.6) is 0 Å². The third kappa shape index (κ3) is 3.87. The number of hydrogen-bond acceptors (Lipinski definition) is 3. The largest absolute Gasteiger partial charge is 0.382 e. The Morgan fingerprint density at radius 2 is 2.25 bits per heavy atom. The Morgan fingerprint density at radius 3 is 2.88 bits per heavy atom. The third-order valence-electron chi connectivity index (χ3n) is 1.97. The van der Waals surface area contributed by atoms with E-state index in [1.807, 2.05) is 19.9 Å². The standard InChI is InChI=1S/C12H15FN2O/c1-9(2)16-6-5-15-12-4-3-11(13)7-10(12)8-14/h3-4,7,9,15H,5-6H2,1-2H3. The van der Waals surface area contributed by atoms with Crippen LogP contribution in [0.2, 0.25) is 0 Å². The van der Waals surface area contributed by atoms with Crippen LogP contribution in [0, 0.1) is 17.1 Å². The fourth-order valence-electron chi connectivity index (χ4n) is 1.24. The van der Waals surface area contributed by atoms with Gasteiger partial charge >= 0.3 is 0 Å². The van der Waals surface area contributed by atoms with Gasteiger partial charge in [-0.05, 0) is 32.0 Å². The molecule has 0 fully saturated rings. The first-order valence-electron chi connectivity index (χ1n) is 5.18. The zero-order chi connectivity index (χ0) is 12.0. The summed E-state index contributed by atoms with van der Waals surface area (Å²) < 4.78 is 18.2. The van der Waals surface area contributed by atoms with Gasteiger partial charge in [0, 0.05) is 6.54 Å². The molecule has 1 N–H and O–H groups in total. The predicted molar refractivity (Wildman–Crippen MR) is 60.7 cm³/mol. The van der Waals surface area contributed by atoms with Gasteiger partial charge in [0.2, 0.25) is 0 Å². The lowest BCUT2D eigenvalue weighted by atomic mass is 10.2. The fourth-order valence-corrected chi connectivity index (χ4v) is 1.24. The Balaban J connectivity index is 2.51. The normalized spacial score (nSPS) is 10.2. The van der Waals surface area contributed by atoms with Crippen molar-refractivity contribution in [3.8, 4) is 6.07 Å². The van der Waals surface area contributed by atoms with Crippen LogP contribution in [0.1, 0.15) is 19.4 Å². The number of halogens is 1. The highest BCUT2D eigenvalue weighted by Crippen LogP contribution is 2.15. The van der Waals surface area contributed by atoms with Crippen molar-refractivity contribution in [2.45, 2.75) is 20.0 Å². The van der Waals surface area contributed by atoms with E-state index in [2.05, 4.69) is 5.32 Å². The lowest BCUT2D eigenvalue weighted by Gasteiger charge is -2.10. The second kappa shape index (κ2) is 6.09. The minimum absolute atomic E-state index is 0.186. The van der Waals surface area contributed by atoms with E-state index in [-0.39, 0.29) is 6.10 Å². The van der Waals surface area contributed by atoms with Gasteiger partial charge in [0.05, 0.1) is 24.0 Å². The van der Waals surface area contributed by atoms with Crippen molar-refractivity contribution in [3.63, 3.8) is 0 Å². The summed E-state index contributed by atoms with van der Waals surface area (Å²) in [5, 5.41) is 11.8. The van der Waals surface area contributed by atoms with Gasteiger partial charge in [0.1, 0.15) is 11.9 Å². The van der Waals surface area contributed by atoms with Crippen LogP contribution in [-0.4, -0.2) is 19.3 Å². The number of hydrogen-bond donors (Lipinski definition) is 1. The van der Waals surface area contributed by atoms with Gasteiger partial charge in [-0.3, -0.25) is 0 Å². The molecule has 86 valence electrons. The van der Waals surface area contributed by atoms with Crippen LogP contribution in [0.4, 0.5) is 10.1 Å². The van der Waals surface area contributed by atoms with E-state index in [0.29, 0.717) is 24.4 Å². The Bertz CT molecular complexity index is 385. The molecule has 1 aromatic rings. The smallest absolute Gasteiger partial charge is 0.124 e. The Hall–Kier alpha value is -1.60. The summed E-state index contributed by atoms with van der Waals surface area (Å²) in [6.45, 7) is 5.07. The predicted octanol–water partition coefficient (Wildman–Crippen LogP) is 2.53. The molecule has 3 nitrogen and oxygen atoms in total. The Kier molecular flexibility index (Phi) is 4.74. The van der Waals surface area contributed by atoms with E-state index in [1.54, 1.807) is 6.07 Å². The molecule has 0 radical (unpaired) electrons. The molecule has 0 unspecified atom stereocenters. The molecule has 16 heavy (non-hydrogen) atoms. The highest BCUT2D eigenvalue weighted by atomic mass is 19.1. The first-order chi connectivity index (χ1) is 7.63. The van der Waals surface area contributed by atoms with Crippen LogP contribution >= 0.6 is 0 Å². The molecular weight excluding hydrogens is 207 g/mol. The van der Waals surface area contributed by atoms with Gasteiger partial charge in [-0.25, -0.2) is 4.39 Å². The monoisotopic (exact) mass is 222 g/mol. The summed E-state index contributed by atoms with van der Waals surface area (Å²) in [5.41, 5.74) is 0.945. The van der Waals surface area contributed by atoms with Crippen LogP contribution < -0.4 is 5.32 Å². The summed E-state index contributed by atoms with van der Waals surface area (Å²) in [7, 11) is 0. The number of benzene rings is 1. The van der Waals surface area contributed by atoms with Gasteiger partial charge in [0.25, 0.3) is 0 Å². The van der Waals surface area contributed by atoms with E-state index in [0.717, 1.165) is 0 Å². The molecule has 0 bridgehead atoms. The van der Waals surface area contributed by atoms with Crippen LogP contribution in [0.3, 0.4) is 0 Å². The second-order valence-electron chi connectivity index (χ2n) is 3.65. The number of ether oxygens (including phenoxy) is 1. The van der Waals surface area contributed by atoms with Crippen LogP contribution in [0.15, 0.2) is 18.2 Å². The maximum atomic E-state index is 12.8. The van der Waals surface area contributed by atoms with Gasteiger partial charge in [-0.2, -0.15) is 5.26 Å². The van der Waals surface area contributed by atoms with Gasteiger partial charge in [-0.1, -0.05) is 0 Å². The zero-order valence-electron chi connectivity index (χ0n) is 9.46. The number of nitriles is 1. The van der Waals surface area contributed by atoms with Crippen molar-refractivity contribution in [1.29, 1.82) is 5.26 Å². The van der Waals surface area contributed by atoms with Crippen molar-refractivity contribution in [2.75, 3.05) is 18.5 Å². The highest BCUT2D eigenvalue weighted by molar-refractivity contribution is 5.57. The lowest BCUT2D eigenvalue weighted by molar-refractivity contribution is 0.0870. The highest BCUT2D eigenvalue weighted by Gasteiger charge is 2.02. The molecular formula is C12H15FN2O. The number of nitrogens with one attached hydrogen (secondary N) is 1. The zero-order valence-corrected chi connectivity index (χ0v) is 9.46. The van der Waals surface area contributed by atoms with Crippen LogP contribution in [0.25, 0.3) is 0 Å². The van der Waals surface area contributed by atoms with E-state index in [9.17, 15) is 4.39 Å². The van der Waals surface area contributed by atoms with Gasteiger partial charge in [0.15, 0.2) is 0 Å². The number of rotatable bonds is 5. The van der Waals surface area contributed by atoms with Crippen molar-refractivity contribution in [1.82, 2.24) is 0 Å². The first-order valence-corrected chi connectivity index (χ1v) is 5.18. The molecule has 4 heteroatoms. The molecule has 1 aromatic carbocycles. The maximum absolute atomic E-state index is 12.8. The molecule has 0 atom stereocenters. The molecule has 0 spiro atoms. The van der Waals surface area contributed by atoms with E-state index >= 15 is 0 Å². The maximum Gasteiger partial charge on any atom is 0.124 e. The van der Waals surface area contributed by atoms with E-state index < -0.39 is 5.82 Å². The van der Waals surface area contributed by atoms with Crippen molar-refractivity contribution < 1.29 is 9.13 Å². The minimum Gasteiger partial charge on any atom is -0.382 e. The Morgan fingerprint density at radius 1 is 1.50 bits per heavy atom. The first kappa shape index (κ1) is 12.5. The van der Waals surface area contributed by atoms with Crippen LogP contribution in [-0.2, 0) is 4.74 Å². The van der Waals surface area contributed by atoms with Gasteiger partial charge in [-0.15, -0.1) is 0 Å². The minimum atomic E-state index is -0.402. The summed E-state index contributed by atoms with van der Waals surface area (Å²) in [6.07, 6.45) is 0.186. The lowest BCUT2D eigenvalue weighted by Crippen LogP contribution is -2.13. The second-order valence-corrected chi connectivity index (χ2v) is 3.65. The van der Waals surface area contributed by atoms with Crippen molar-refractivity contribution >= 4 is 5.69 Å². The molecule has 0 aliphatic rings. The van der Waals surface area contributed by atoms with Crippen molar-refractivity contribution in [2.24, 2.45) is 0 Å². The molecule has 0 heterocycles. The quantitative estimate of drug-likeness (QED) is 0.779. The van der Waals surface area contributed by atoms with Crippen molar-refractivity contribution in [3.05, 3.63) is 29.6 Å². The summed E-state index contributed by atoms with van der Waals surface area (Å²) >= 11 is 0. The van der Waals surface area contributed by atoms with Gasteiger partial charge < -0.3 is 10.1 Å². The Labute approximate surface area is 94.8 Å². The summed E-state index contributed by atoms with van der Waals surface area (Å²) in [6, 6.07) is 6.04. The number of anilines is 1. The third-order valence-corrected chi connectivity index (χ3v) is 1.97. The molecule has 0 aromatic heterocycles. The molecule has 1 rings (SSSR count). The molecule has 0 amide bonds. The topological polar surface area (TPSA) is 45.0 Å². The fraction of sp³-hybridized carbons (Fsp3) is 0.417. The average Bonchev–Trinajstić information content (AvgIpc) is 2.25. The molecule has 0 aliphatic heterocycles. The molecule has 0 saturated heterocycles. The molecule has 0 saturated carbocycles. The molecule has 0 aliphatic carbocycles. The summed E-state index contributed by atoms with van der Waals surface area (Å²) in [4.78, 5) is 0. The number of nitrogens with zero attached hydrogens (tertiary/aromatic N) is 1. The SMILES string of the molecule is CC(C)OCCNc1ccc(F)cc1C#N. The van der Waals surface area contributed by atoms with E-state index in [4.69, 9.17) is 10.00 Å².